The van der Waals surface area contributed by atoms with Crippen molar-refractivity contribution >= 4 is 27.7 Å². The lowest BCUT2D eigenvalue weighted by Crippen LogP contribution is -2.47. The van der Waals surface area contributed by atoms with Crippen LogP contribution in [-0.2, 0) is 0 Å². The molecule has 1 saturated heterocycles. The molecule has 1 aliphatic heterocycles. The normalized spacial score (nSPS) is 25.8. The predicted molar refractivity (Wildman–Crippen MR) is 72.4 cm³/mol. The second kappa shape index (κ2) is 5.18. The molecule has 0 radical (unpaired) electrons. The van der Waals surface area contributed by atoms with Crippen LogP contribution in [0.25, 0.3) is 0 Å². The van der Waals surface area contributed by atoms with Crippen molar-refractivity contribution in [2.45, 2.75) is 45.2 Å². The second-order valence-electron chi connectivity index (χ2n) is 4.59. The number of piperidine rings is 1. The number of halogens is 1. The van der Waals surface area contributed by atoms with Crippen LogP contribution in [0.15, 0.2) is 10.7 Å². The Morgan fingerprint density at radius 1 is 1.35 bits per heavy atom. The van der Waals surface area contributed by atoms with Gasteiger partial charge in [-0.3, -0.25) is 5.43 Å². The Hall–Kier alpha value is -0.880. The number of hydrazine groups is 1. The number of nitrogens with zero attached hydrogens (tertiary/aromatic N) is 3. The number of anilines is 2. The Bertz CT molecular complexity index is 367. The highest BCUT2D eigenvalue weighted by molar-refractivity contribution is 9.10. The van der Waals surface area contributed by atoms with Crippen molar-refractivity contribution in [3.63, 3.8) is 0 Å². The molecule has 1 aromatic heterocycles. The minimum atomic E-state index is 0.465. The summed E-state index contributed by atoms with van der Waals surface area (Å²) in [5, 5.41) is 2.21. The highest BCUT2D eigenvalue weighted by atomic mass is 79.9. The van der Waals surface area contributed by atoms with Crippen LogP contribution in [0.3, 0.4) is 0 Å². The van der Waals surface area contributed by atoms with E-state index in [4.69, 9.17) is 5.73 Å². The lowest BCUT2D eigenvalue weighted by Gasteiger charge is -2.38. The third kappa shape index (κ3) is 3.07. The van der Waals surface area contributed by atoms with Gasteiger partial charge in [-0.05, 0) is 42.6 Å². The fourth-order valence-electron chi connectivity index (χ4n) is 2.24. The van der Waals surface area contributed by atoms with E-state index in [1.165, 1.54) is 19.3 Å². The number of nitrogen functional groups attached to an aromatic ring is 1. The molecule has 1 fully saturated rings. The molecule has 17 heavy (non-hydrogen) atoms. The van der Waals surface area contributed by atoms with Crippen molar-refractivity contribution in [1.29, 1.82) is 0 Å². The summed E-state index contributed by atoms with van der Waals surface area (Å²) >= 11 is 3.32. The summed E-state index contributed by atoms with van der Waals surface area (Å²) in [7, 11) is 0. The summed E-state index contributed by atoms with van der Waals surface area (Å²) in [5.74, 6) is 1.02. The van der Waals surface area contributed by atoms with Crippen LogP contribution in [0.2, 0.25) is 0 Å². The summed E-state index contributed by atoms with van der Waals surface area (Å²) in [6.07, 6.45) is 3.67. The van der Waals surface area contributed by atoms with E-state index in [9.17, 15) is 0 Å². The third-order valence-electron chi connectivity index (χ3n) is 3.14. The van der Waals surface area contributed by atoms with E-state index in [-0.39, 0.29) is 0 Å². The largest absolute Gasteiger partial charge is 0.383 e. The molecule has 6 heteroatoms. The van der Waals surface area contributed by atoms with Gasteiger partial charge in [-0.1, -0.05) is 6.42 Å². The Morgan fingerprint density at radius 2 is 2.00 bits per heavy atom. The molecule has 0 aliphatic carbocycles. The van der Waals surface area contributed by atoms with Crippen LogP contribution >= 0.6 is 15.9 Å². The van der Waals surface area contributed by atoms with Gasteiger partial charge in [-0.25, -0.2) is 9.99 Å². The first-order chi connectivity index (χ1) is 8.06. The van der Waals surface area contributed by atoms with Crippen molar-refractivity contribution in [3.8, 4) is 0 Å². The van der Waals surface area contributed by atoms with Crippen molar-refractivity contribution in [2.24, 2.45) is 0 Å². The molecule has 5 nitrogen and oxygen atoms in total. The van der Waals surface area contributed by atoms with E-state index in [1.54, 1.807) is 6.07 Å². The quantitative estimate of drug-likeness (QED) is 0.821. The molecule has 1 aliphatic rings. The minimum Gasteiger partial charge on any atom is -0.383 e. The Labute approximate surface area is 110 Å². The van der Waals surface area contributed by atoms with Crippen molar-refractivity contribution in [1.82, 2.24) is 15.0 Å². The van der Waals surface area contributed by atoms with Gasteiger partial charge in [0.25, 0.3) is 0 Å². The van der Waals surface area contributed by atoms with Gasteiger partial charge < -0.3 is 5.73 Å². The van der Waals surface area contributed by atoms with Gasteiger partial charge in [0.15, 0.2) is 0 Å². The van der Waals surface area contributed by atoms with Crippen LogP contribution in [0, 0.1) is 0 Å². The smallest absolute Gasteiger partial charge is 0.240 e. The second-order valence-corrected chi connectivity index (χ2v) is 5.40. The monoisotopic (exact) mass is 299 g/mol. The fourth-order valence-corrected chi connectivity index (χ4v) is 2.64. The van der Waals surface area contributed by atoms with E-state index in [1.807, 2.05) is 0 Å². The van der Waals surface area contributed by atoms with Gasteiger partial charge in [0, 0.05) is 18.2 Å². The summed E-state index contributed by atoms with van der Waals surface area (Å²) < 4.78 is 0.699. The van der Waals surface area contributed by atoms with E-state index < -0.39 is 0 Å². The van der Waals surface area contributed by atoms with Crippen LogP contribution < -0.4 is 11.2 Å². The maximum atomic E-state index is 5.69. The molecule has 0 aromatic carbocycles. The Kier molecular flexibility index (Phi) is 3.83. The molecular formula is C11H18BrN5. The van der Waals surface area contributed by atoms with Gasteiger partial charge in [0.2, 0.25) is 5.95 Å². The van der Waals surface area contributed by atoms with Crippen molar-refractivity contribution in [3.05, 3.63) is 10.7 Å². The van der Waals surface area contributed by atoms with Crippen LogP contribution in [-0.4, -0.2) is 27.1 Å². The Morgan fingerprint density at radius 3 is 2.59 bits per heavy atom. The van der Waals surface area contributed by atoms with Gasteiger partial charge in [-0.2, -0.15) is 4.98 Å². The number of hydrogen-bond donors (Lipinski definition) is 2. The molecule has 2 atom stereocenters. The highest BCUT2D eigenvalue weighted by Crippen LogP contribution is 2.23. The van der Waals surface area contributed by atoms with Gasteiger partial charge >= 0.3 is 0 Å². The standard InChI is InChI=1S/C11H18BrN5/c1-7-4-3-5-8(2)17(7)16-11-14-9(12)6-10(13)15-11/h6-8H,3-5H2,1-2H3,(H3,13,14,15,16). The highest BCUT2D eigenvalue weighted by Gasteiger charge is 2.25. The number of hydrogen-bond acceptors (Lipinski definition) is 5. The summed E-state index contributed by atoms with van der Waals surface area (Å²) in [5.41, 5.74) is 8.96. The van der Waals surface area contributed by atoms with E-state index in [0.29, 0.717) is 28.5 Å². The zero-order valence-electron chi connectivity index (χ0n) is 10.2. The summed E-state index contributed by atoms with van der Waals surface area (Å²) in [6, 6.07) is 2.67. The zero-order chi connectivity index (χ0) is 12.4. The lowest BCUT2D eigenvalue weighted by atomic mass is 10.00. The molecule has 0 amide bonds. The maximum Gasteiger partial charge on any atom is 0.240 e. The Balaban J connectivity index is 2.13. The van der Waals surface area contributed by atoms with Gasteiger partial charge in [-0.15, -0.1) is 0 Å². The van der Waals surface area contributed by atoms with Crippen LogP contribution in [0.4, 0.5) is 11.8 Å². The average molecular weight is 300 g/mol. The first kappa shape index (κ1) is 12.6. The van der Waals surface area contributed by atoms with E-state index >= 15 is 0 Å². The molecule has 0 bridgehead atoms. The molecule has 1 aromatic rings. The summed E-state index contributed by atoms with van der Waals surface area (Å²) in [6.45, 7) is 4.42. The predicted octanol–water partition coefficient (Wildman–Crippen LogP) is 2.41. The number of rotatable bonds is 2. The summed E-state index contributed by atoms with van der Waals surface area (Å²) in [4.78, 5) is 8.45. The SMILES string of the molecule is CC1CCCC(C)N1Nc1nc(N)cc(Br)n1. The molecule has 2 rings (SSSR count). The molecule has 2 unspecified atom stereocenters. The minimum absolute atomic E-state index is 0.465. The van der Waals surface area contributed by atoms with Gasteiger partial charge in [0.1, 0.15) is 10.4 Å². The average Bonchev–Trinajstić information content (AvgIpc) is 2.22. The molecule has 0 spiro atoms. The fraction of sp³-hybridized carbons (Fsp3) is 0.636. The van der Waals surface area contributed by atoms with Crippen LogP contribution in [0.5, 0.6) is 0 Å². The van der Waals surface area contributed by atoms with Crippen molar-refractivity contribution < 1.29 is 0 Å². The lowest BCUT2D eigenvalue weighted by molar-refractivity contribution is 0.134. The number of nitrogens with two attached hydrogens (primary N) is 1. The molecular weight excluding hydrogens is 282 g/mol. The van der Waals surface area contributed by atoms with Crippen molar-refractivity contribution in [2.75, 3.05) is 11.2 Å². The first-order valence-corrected chi connectivity index (χ1v) is 6.70. The number of aromatic nitrogens is 2. The van der Waals surface area contributed by atoms with Crippen LogP contribution in [0.1, 0.15) is 33.1 Å². The van der Waals surface area contributed by atoms with Gasteiger partial charge in [0.05, 0.1) is 0 Å². The van der Waals surface area contributed by atoms with E-state index in [2.05, 4.69) is 50.2 Å². The molecule has 2 heterocycles. The molecule has 94 valence electrons. The topological polar surface area (TPSA) is 67.1 Å². The van der Waals surface area contributed by atoms with E-state index in [0.717, 1.165) is 0 Å². The zero-order valence-corrected chi connectivity index (χ0v) is 11.7. The molecule has 3 N–H and O–H groups in total. The number of nitrogens with one attached hydrogen (secondary N) is 1. The molecule has 0 saturated carbocycles. The first-order valence-electron chi connectivity index (χ1n) is 5.91. The maximum absolute atomic E-state index is 5.69. The third-order valence-corrected chi connectivity index (χ3v) is 3.54.